The molecule has 0 aromatic rings. The molecular weight excluding hydrogens is 201 g/mol. The van der Waals surface area contributed by atoms with E-state index in [1.54, 1.807) is 28.0 Å². The molecule has 0 unspecified atom stereocenters. The summed E-state index contributed by atoms with van der Waals surface area (Å²) in [5.74, 6) is 0. The SMILES string of the molecule is CCNC.[Zr][C]1=CC=CC1. The Hall–Kier alpha value is 0.323. The molecule has 0 heterocycles. The van der Waals surface area contributed by atoms with Gasteiger partial charge in [0.05, 0.1) is 0 Å². The van der Waals surface area contributed by atoms with E-state index in [1.807, 2.05) is 7.05 Å². The van der Waals surface area contributed by atoms with Crippen molar-refractivity contribution in [3.63, 3.8) is 0 Å². The number of hydrogen-bond donors (Lipinski definition) is 1. The molecule has 1 rings (SSSR count). The van der Waals surface area contributed by atoms with Crippen molar-refractivity contribution in [1.29, 1.82) is 0 Å². The molecule has 0 aromatic carbocycles. The van der Waals surface area contributed by atoms with E-state index in [1.165, 1.54) is 6.42 Å². The zero-order valence-corrected chi connectivity index (χ0v) is 9.10. The molecule has 1 nitrogen and oxygen atoms in total. The van der Waals surface area contributed by atoms with Crippen LogP contribution in [0.25, 0.3) is 0 Å². The third-order valence-corrected chi connectivity index (χ3v) is 2.04. The van der Waals surface area contributed by atoms with Gasteiger partial charge in [-0.1, -0.05) is 6.92 Å². The summed E-state index contributed by atoms with van der Waals surface area (Å²) in [5.41, 5.74) is 0. The van der Waals surface area contributed by atoms with Crippen LogP contribution in [-0.2, 0) is 24.7 Å². The molecule has 0 bridgehead atoms. The Morgan fingerprint density at radius 2 is 2.30 bits per heavy atom. The summed E-state index contributed by atoms with van der Waals surface area (Å²) in [6.45, 7) is 3.14. The topological polar surface area (TPSA) is 12.0 Å². The normalized spacial score (nSPS) is 13.9. The molecule has 0 radical (unpaired) electrons. The summed E-state index contributed by atoms with van der Waals surface area (Å²) in [6.07, 6.45) is 7.69. The van der Waals surface area contributed by atoms with Crippen molar-refractivity contribution >= 4 is 0 Å². The Bertz CT molecular complexity index is 125. The van der Waals surface area contributed by atoms with Crippen molar-refractivity contribution in [2.24, 2.45) is 0 Å². The first-order valence-corrected chi connectivity index (χ1v) is 4.76. The minimum absolute atomic E-state index is 1.07. The van der Waals surface area contributed by atoms with Gasteiger partial charge >= 0.3 is 52.6 Å². The number of nitrogens with one attached hydrogen (secondary N) is 1. The van der Waals surface area contributed by atoms with E-state index in [9.17, 15) is 0 Å². The monoisotopic (exact) mass is 214 g/mol. The van der Waals surface area contributed by atoms with Crippen LogP contribution in [0.2, 0.25) is 0 Å². The molecule has 0 atom stereocenters. The van der Waals surface area contributed by atoms with Crippen molar-refractivity contribution in [3.05, 3.63) is 21.5 Å². The maximum absolute atomic E-state index is 2.93. The van der Waals surface area contributed by atoms with Crippen molar-refractivity contribution in [2.45, 2.75) is 13.3 Å². The van der Waals surface area contributed by atoms with E-state index in [0.29, 0.717) is 0 Å². The van der Waals surface area contributed by atoms with Crippen LogP contribution in [0.1, 0.15) is 13.3 Å². The fourth-order valence-electron chi connectivity index (χ4n) is 0.447. The fraction of sp³-hybridized carbons (Fsp3) is 0.500. The van der Waals surface area contributed by atoms with Crippen LogP contribution in [0.5, 0.6) is 0 Å². The van der Waals surface area contributed by atoms with Crippen LogP contribution >= 0.6 is 0 Å². The third-order valence-electron chi connectivity index (χ3n) is 1.12. The molecule has 1 aliphatic rings. The molecule has 1 aliphatic carbocycles. The van der Waals surface area contributed by atoms with Gasteiger partial charge in [-0.2, -0.15) is 0 Å². The molecule has 55 valence electrons. The van der Waals surface area contributed by atoms with Gasteiger partial charge in [-0.15, -0.1) is 0 Å². The van der Waals surface area contributed by atoms with Crippen molar-refractivity contribution < 1.29 is 24.7 Å². The second kappa shape index (κ2) is 7.43. The molecule has 0 spiro atoms. The first-order chi connectivity index (χ1) is 4.81. The van der Waals surface area contributed by atoms with Crippen LogP contribution in [-0.4, -0.2) is 13.6 Å². The van der Waals surface area contributed by atoms with E-state index in [-0.39, 0.29) is 0 Å². The average Bonchev–Trinajstić information content (AvgIpc) is 2.40. The molecule has 0 saturated carbocycles. The van der Waals surface area contributed by atoms with Crippen LogP contribution < -0.4 is 5.32 Å². The average molecular weight is 215 g/mol. The summed E-state index contributed by atoms with van der Waals surface area (Å²) in [6, 6.07) is 0. The number of rotatable bonds is 1. The van der Waals surface area contributed by atoms with E-state index in [0.717, 1.165) is 6.54 Å². The molecule has 0 saturated heterocycles. The van der Waals surface area contributed by atoms with Gasteiger partial charge in [0.2, 0.25) is 0 Å². The molecular formula is C8H14NZr. The molecule has 0 amide bonds. The van der Waals surface area contributed by atoms with Gasteiger partial charge in [-0.25, -0.2) is 0 Å². The fourth-order valence-corrected chi connectivity index (χ4v) is 0.973. The van der Waals surface area contributed by atoms with Gasteiger partial charge in [-0.05, 0) is 13.6 Å². The van der Waals surface area contributed by atoms with Gasteiger partial charge in [0.15, 0.2) is 0 Å². The maximum atomic E-state index is 2.93. The summed E-state index contributed by atoms with van der Waals surface area (Å²) in [4.78, 5) is 0. The molecule has 2 heteroatoms. The predicted octanol–water partition coefficient (Wildman–Crippen LogP) is 1.60. The minimum atomic E-state index is 1.07. The Morgan fingerprint density at radius 3 is 2.40 bits per heavy atom. The summed E-state index contributed by atoms with van der Waals surface area (Å²) < 4.78 is 1.56. The zero-order valence-electron chi connectivity index (χ0n) is 6.65. The van der Waals surface area contributed by atoms with Gasteiger partial charge in [0.25, 0.3) is 0 Å². The molecule has 1 N–H and O–H groups in total. The van der Waals surface area contributed by atoms with Crippen LogP contribution in [0, 0.1) is 0 Å². The van der Waals surface area contributed by atoms with Crippen molar-refractivity contribution in [1.82, 2.24) is 5.32 Å². The quantitative estimate of drug-likeness (QED) is 0.701. The molecule has 0 aromatic heterocycles. The molecule has 10 heavy (non-hydrogen) atoms. The van der Waals surface area contributed by atoms with Crippen LogP contribution in [0.15, 0.2) is 21.5 Å². The van der Waals surface area contributed by atoms with E-state index >= 15 is 0 Å². The summed E-state index contributed by atoms with van der Waals surface area (Å²) >= 11 is 1.56. The molecule has 0 aliphatic heterocycles. The summed E-state index contributed by atoms with van der Waals surface area (Å²) in [7, 11) is 1.93. The van der Waals surface area contributed by atoms with Gasteiger partial charge in [0.1, 0.15) is 0 Å². The number of hydrogen-bond acceptors (Lipinski definition) is 1. The summed E-state index contributed by atoms with van der Waals surface area (Å²) in [5, 5.41) is 2.93. The Kier molecular flexibility index (Phi) is 7.67. The Morgan fingerprint density at radius 1 is 1.70 bits per heavy atom. The Labute approximate surface area is 78.4 Å². The van der Waals surface area contributed by atoms with Crippen molar-refractivity contribution in [2.75, 3.05) is 13.6 Å². The molecule has 0 fully saturated rings. The third kappa shape index (κ3) is 6.44. The van der Waals surface area contributed by atoms with Crippen LogP contribution in [0.3, 0.4) is 0 Å². The van der Waals surface area contributed by atoms with Gasteiger partial charge in [0, 0.05) is 0 Å². The van der Waals surface area contributed by atoms with Gasteiger partial charge in [-0.3, -0.25) is 0 Å². The predicted molar refractivity (Wildman–Crippen MR) is 41.4 cm³/mol. The second-order valence-corrected chi connectivity index (χ2v) is 3.61. The van der Waals surface area contributed by atoms with E-state index < -0.39 is 0 Å². The standard InChI is InChI=1S/C5H5.C3H9N.Zr/c1-2-4-5-3-1;1-3-4-2;/h1-3H,4H2;4H,3H2,1-2H3;. The van der Waals surface area contributed by atoms with E-state index in [2.05, 4.69) is 30.5 Å². The first kappa shape index (κ1) is 10.3. The first-order valence-electron chi connectivity index (χ1n) is 3.53. The van der Waals surface area contributed by atoms with Crippen LogP contribution in [0.4, 0.5) is 0 Å². The van der Waals surface area contributed by atoms with Gasteiger partial charge < -0.3 is 5.32 Å². The second-order valence-electron chi connectivity index (χ2n) is 2.03. The Balaban J connectivity index is 0.000000180. The zero-order chi connectivity index (χ0) is 7.82. The van der Waals surface area contributed by atoms with Crippen molar-refractivity contribution in [3.8, 4) is 0 Å². The number of allylic oxidation sites excluding steroid dienone is 4. The van der Waals surface area contributed by atoms with E-state index in [4.69, 9.17) is 0 Å².